The summed E-state index contributed by atoms with van der Waals surface area (Å²) >= 11 is 0. The highest BCUT2D eigenvalue weighted by Gasteiger charge is 2.55. The van der Waals surface area contributed by atoms with Crippen LogP contribution in [0.25, 0.3) is 21.6 Å². The number of aliphatic hydroxyl groups is 1. The number of nitrogens with zero attached hydrogens (tertiary/aromatic N) is 7. The first-order valence-corrected chi connectivity index (χ1v) is 6.53. The molecule has 0 unspecified atom stereocenters. The van der Waals surface area contributed by atoms with Gasteiger partial charge in [-0.25, -0.2) is 19.3 Å². The molecule has 116 valence electrons. The number of imidazole rings is 1. The minimum Gasteiger partial charge on any atom is -0.387 e. The van der Waals surface area contributed by atoms with Crippen LogP contribution in [0.3, 0.4) is 0 Å². The van der Waals surface area contributed by atoms with Crippen LogP contribution < -0.4 is 5.73 Å². The van der Waals surface area contributed by atoms with Gasteiger partial charge in [0.05, 0.1) is 6.33 Å². The van der Waals surface area contributed by atoms with E-state index >= 15 is 0 Å². The van der Waals surface area contributed by atoms with Crippen molar-refractivity contribution in [3.8, 4) is 0 Å². The van der Waals surface area contributed by atoms with Gasteiger partial charge in [0.2, 0.25) is 0 Å². The fourth-order valence-corrected chi connectivity index (χ4v) is 2.54. The minimum absolute atomic E-state index is 0.110. The summed E-state index contributed by atoms with van der Waals surface area (Å²) in [6, 6.07) is 0. The van der Waals surface area contributed by atoms with E-state index in [1.807, 2.05) is 0 Å². The lowest BCUT2D eigenvalue weighted by molar-refractivity contribution is -0.0996. The molecule has 0 amide bonds. The fourth-order valence-electron chi connectivity index (χ4n) is 2.54. The number of alkyl halides is 1. The van der Waals surface area contributed by atoms with Crippen molar-refractivity contribution in [2.24, 2.45) is 5.11 Å². The highest BCUT2D eigenvalue weighted by Crippen LogP contribution is 2.42. The monoisotopic (exact) mass is 308 g/mol. The molecule has 10 nitrogen and oxygen atoms in total. The summed E-state index contributed by atoms with van der Waals surface area (Å²) in [4.78, 5) is 14.5. The maximum Gasteiger partial charge on any atom is 0.178 e. The molecular formula is C11H13FN8O2. The second kappa shape index (κ2) is 5.05. The Morgan fingerprint density at radius 2 is 2.36 bits per heavy atom. The first kappa shape index (κ1) is 14.4. The van der Waals surface area contributed by atoms with Gasteiger partial charge in [0, 0.05) is 4.91 Å². The minimum atomic E-state index is -1.82. The van der Waals surface area contributed by atoms with Crippen molar-refractivity contribution in [1.82, 2.24) is 19.5 Å². The fraction of sp³-hybridized carbons (Fsp3) is 0.545. The Morgan fingerprint density at radius 3 is 3.05 bits per heavy atom. The van der Waals surface area contributed by atoms with E-state index in [1.165, 1.54) is 17.2 Å². The molecule has 11 heteroatoms. The van der Waals surface area contributed by atoms with E-state index < -0.39 is 24.2 Å². The predicted octanol–water partition coefficient (Wildman–Crippen LogP) is 1.05. The van der Waals surface area contributed by atoms with E-state index in [4.69, 9.17) is 16.0 Å². The average Bonchev–Trinajstić information content (AvgIpc) is 3.04. The number of anilines is 1. The van der Waals surface area contributed by atoms with Gasteiger partial charge in [-0.1, -0.05) is 12.0 Å². The molecule has 1 fully saturated rings. The number of aromatic nitrogens is 4. The van der Waals surface area contributed by atoms with Crippen LogP contribution in [0.4, 0.5) is 10.2 Å². The molecule has 0 radical (unpaired) electrons. The summed E-state index contributed by atoms with van der Waals surface area (Å²) in [5, 5.41) is 13.5. The molecule has 1 aliphatic heterocycles. The van der Waals surface area contributed by atoms with Crippen LogP contribution in [0.1, 0.15) is 19.6 Å². The Hall–Kier alpha value is -2.49. The topological polar surface area (TPSA) is 148 Å². The number of fused-ring (bicyclic) bond motifs is 1. The maximum absolute atomic E-state index is 14.5. The van der Waals surface area contributed by atoms with E-state index in [1.54, 1.807) is 6.92 Å². The Kier molecular flexibility index (Phi) is 3.32. The van der Waals surface area contributed by atoms with Gasteiger partial charge in [-0.2, -0.15) is 0 Å². The Balaban J connectivity index is 2.08. The third kappa shape index (κ3) is 1.87. The van der Waals surface area contributed by atoms with Gasteiger partial charge in [0.15, 0.2) is 29.6 Å². The molecule has 0 aliphatic carbocycles. The third-order valence-corrected chi connectivity index (χ3v) is 3.74. The van der Waals surface area contributed by atoms with Crippen molar-refractivity contribution < 1.29 is 14.2 Å². The third-order valence-electron chi connectivity index (χ3n) is 3.74. The number of hydrogen-bond acceptors (Lipinski definition) is 7. The van der Waals surface area contributed by atoms with Gasteiger partial charge in [-0.3, -0.25) is 4.57 Å². The first-order chi connectivity index (χ1) is 10.5. The maximum atomic E-state index is 14.5. The van der Waals surface area contributed by atoms with E-state index in [0.717, 1.165) is 0 Å². The van der Waals surface area contributed by atoms with E-state index in [0.29, 0.717) is 5.52 Å². The smallest absolute Gasteiger partial charge is 0.178 e. The highest BCUT2D eigenvalue weighted by molar-refractivity contribution is 5.81. The number of azide groups is 1. The Labute approximate surface area is 123 Å². The second-order valence-corrected chi connectivity index (χ2v) is 4.87. The zero-order valence-corrected chi connectivity index (χ0v) is 11.5. The van der Waals surface area contributed by atoms with Crippen LogP contribution >= 0.6 is 0 Å². The molecule has 3 rings (SSSR count). The van der Waals surface area contributed by atoms with Gasteiger partial charge < -0.3 is 15.6 Å². The van der Waals surface area contributed by atoms with Crippen LogP contribution in [0, 0.1) is 0 Å². The van der Waals surface area contributed by atoms with Gasteiger partial charge in [-0.15, -0.1) is 0 Å². The number of hydrogen-bond donors (Lipinski definition) is 2. The molecule has 2 aromatic heterocycles. The summed E-state index contributed by atoms with van der Waals surface area (Å²) in [6.45, 7) is 1.62. The van der Waals surface area contributed by atoms with Crippen LogP contribution in [0.5, 0.6) is 0 Å². The Morgan fingerprint density at radius 1 is 1.59 bits per heavy atom. The number of nitrogen functional groups attached to an aromatic ring is 1. The molecule has 2 aromatic rings. The van der Waals surface area contributed by atoms with Gasteiger partial charge in [0.25, 0.3) is 0 Å². The van der Waals surface area contributed by atoms with Gasteiger partial charge >= 0.3 is 0 Å². The number of aliphatic hydroxyl groups excluding tert-OH is 1. The quantitative estimate of drug-likeness (QED) is 0.492. The highest BCUT2D eigenvalue weighted by atomic mass is 19.1. The number of halogens is 1. The Bertz CT molecular complexity index is 760. The molecular weight excluding hydrogens is 295 g/mol. The molecule has 1 saturated heterocycles. The lowest BCUT2D eigenvalue weighted by Crippen LogP contribution is -2.39. The summed E-state index contributed by atoms with van der Waals surface area (Å²) < 4.78 is 21.3. The summed E-state index contributed by atoms with van der Waals surface area (Å²) in [6.07, 6.45) is -2.04. The van der Waals surface area contributed by atoms with Crippen molar-refractivity contribution >= 4 is 17.0 Å². The molecule has 3 N–H and O–H groups in total. The van der Waals surface area contributed by atoms with Crippen LogP contribution in [0.2, 0.25) is 0 Å². The van der Waals surface area contributed by atoms with E-state index in [9.17, 15) is 9.50 Å². The standard InChI is InChI=1S/C11H13FN8O2/c1-2-11(18-19-14)7(21)5(12)10(22-11)20-4-17-6-8(13)15-3-16-9(6)20/h3-5,7,10,21H,2H2,1H3,(H2,13,15,16)/t5-,7+,10-,11-/m1/s1. The molecule has 1 aliphatic rings. The molecule has 0 bridgehead atoms. The molecule has 0 aromatic carbocycles. The lowest BCUT2D eigenvalue weighted by Gasteiger charge is -2.24. The van der Waals surface area contributed by atoms with Crippen molar-refractivity contribution in [2.45, 2.75) is 37.6 Å². The molecule has 22 heavy (non-hydrogen) atoms. The van der Waals surface area contributed by atoms with Crippen molar-refractivity contribution in [3.05, 3.63) is 23.1 Å². The summed E-state index contributed by atoms with van der Waals surface area (Å²) in [5.41, 5.74) is 13.2. The second-order valence-electron chi connectivity index (χ2n) is 4.87. The van der Waals surface area contributed by atoms with Crippen LogP contribution in [0.15, 0.2) is 17.8 Å². The van der Waals surface area contributed by atoms with Crippen molar-refractivity contribution in [1.29, 1.82) is 0 Å². The SMILES string of the molecule is CC[C@@]1(N=[N+]=[N-])O[C@@H](n2cnc3c(N)ncnc32)[C@H](F)[C@@H]1O. The first-order valence-electron chi connectivity index (χ1n) is 6.53. The molecule has 4 atom stereocenters. The normalized spacial score (nSPS) is 31.3. The number of nitrogens with two attached hydrogens (primary N) is 1. The average molecular weight is 308 g/mol. The zero-order valence-electron chi connectivity index (χ0n) is 11.5. The van der Waals surface area contributed by atoms with Crippen molar-refractivity contribution in [3.63, 3.8) is 0 Å². The van der Waals surface area contributed by atoms with E-state index in [-0.39, 0.29) is 17.9 Å². The molecule has 3 heterocycles. The number of ether oxygens (including phenoxy) is 1. The largest absolute Gasteiger partial charge is 0.387 e. The lowest BCUT2D eigenvalue weighted by atomic mass is 10.0. The van der Waals surface area contributed by atoms with Gasteiger partial charge in [0.1, 0.15) is 17.9 Å². The zero-order chi connectivity index (χ0) is 15.9. The molecule has 0 spiro atoms. The molecule has 0 saturated carbocycles. The summed E-state index contributed by atoms with van der Waals surface area (Å²) in [5.74, 6) is 0.148. The van der Waals surface area contributed by atoms with E-state index in [2.05, 4.69) is 25.0 Å². The predicted molar refractivity (Wildman–Crippen MR) is 72.9 cm³/mol. The van der Waals surface area contributed by atoms with Gasteiger partial charge in [-0.05, 0) is 12.0 Å². The van der Waals surface area contributed by atoms with Crippen molar-refractivity contribution in [2.75, 3.05) is 5.73 Å². The summed E-state index contributed by atoms with van der Waals surface area (Å²) in [7, 11) is 0. The number of rotatable bonds is 3. The van der Waals surface area contributed by atoms with Crippen LogP contribution in [-0.4, -0.2) is 42.6 Å². The van der Waals surface area contributed by atoms with Crippen LogP contribution in [-0.2, 0) is 4.74 Å².